The Morgan fingerprint density at radius 2 is 2.04 bits per heavy atom. The Hall–Kier alpha value is -4.69. The van der Waals surface area contributed by atoms with Gasteiger partial charge in [0, 0.05) is 35.8 Å². The molecule has 2 fully saturated rings. The number of nitrogens with one attached hydrogen (secondary N) is 3. The Bertz CT molecular complexity index is 1790. The molecule has 3 heterocycles. The molecule has 3 N–H and O–H groups in total. The topological polar surface area (TPSA) is 118 Å². The van der Waals surface area contributed by atoms with Crippen LogP contribution in [0, 0.1) is 17.1 Å². The molecular weight excluding hydrogens is 597 g/mol. The lowest BCUT2D eigenvalue weighted by molar-refractivity contribution is -0.112. The van der Waals surface area contributed by atoms with Crippen molar-refractivity contribution in [3.63, 3.8) is 0 Å². The first-order valence-corrected chi connectivity index (χ1v) is 15.1. The molecule has 2 aliphatic heterocycles. The molecule has 1 unspecified atom stereocenters. The van der Waals surface area contributed by atoms with E-state index in [0.717, 1.165) is 37.9 Å². The molecule has 1 atom stereocenters. The number of fused-ring (bicyclic) bond motifs is 1. The van der Waals surface area contributed by atoms with Crippen LogP contribution in [0.1, 0.15) is 30.4 Å². The molecule has 45 heavy (non-hydrogen) atoms. The number of carbonyl (C=O) groups is 1. The van der Waals surface area contributed by atoms with Crippen LogP contribution in [0.15, 0.2) is 72.4 Å². The smallest absolute Gasteiger partial charge is 0.248 e. The maximum atomic E-state index is 13.5. The number of carbonyl (C=O) groups excluding carboxylic acids is 1. The fourth-order valence-electron chi connectivity index (χ4n) is 5.29. The monoisotopic (exact) mass is 627 g/mol. The molecule has 1 aromatic heterocycles. The molecule has 0 bridgehead atoms. The summed E-state index contributed by atoms with van der Waals surface area (Å²) < 4.78 is 31.1. The first-order valence-electron chi connectivity index (χ1n) is 14.7. The number of ether oxygens (including phenoxy) is 3. The largest absolute Gasteiger partial charge is 0.487 e. The maximum absolute atomic E-state index is 13.5. The van der Waals surface area contributed by atoms with Gasteiger partial charge >= 0.3 is 0 Å². The van der Waals surface area contributed by atoms with Gasteiger partial charge in [0.05, 0.1) is 40.7 Å². The number of benzene rings is 3. The van der Waals surface area contributed by atoms with Crippen molar-refractivity contribution in [2.45, 2.75) is 32.0 Å². The van der Waals surface area contributed by atoms with Crippen LogP contribution in [-0.2, 0) is 16.1 Å². The molecule has 3 aromatic carbocycles. The molecule has 0 saturated carbocycles. The van der Waals surface area contributed by atoms with Gasteiger partial charge in [-0.05, 0) is 67.9 Å². The van der Waals surface area contributed by atoms with Crippen molar-refractivity contribution in [1.82, 2.24) is 10.3 Å². The number of aromatic nitrogens is 1. The quantitative estimate of drug-likeness (QED) is 0.177. The summed E-state index contributed by atoms with van der Waals surface area (Å²) in [6.45, 7) is 2.89. The summed E-state index contributed by atoms with van der Waals surface area (Å²) in [5.41, 5.74) is 4.19. The van der Waals surface area contributed by atoms with Gasteiger partial charge < -0.3 is 30.2 Å². The average molecular weight is 628 g/mol. The molecule has 0 radical (unpaired) electrons. The first-order chi connectivity index (χ1) is 21.9. The van der Waals surface area contributed by atoms with Crippen molar-refractivity contribution in [3.05, 3.63) is 94.4 Å². The van der Waals surface area contributed by atoms with E-state index in [2.05, 4.69) is 27.0 Å². The zero-order valence-corrected chi connectivity index (χ0v) is 25.1. The van der Waals surface area contributed by atoms with E-state index in [9.17, 15) is 14.4 Å². The fraction of sp³-hybridized carbons (Fsp3) is 0.265. The molecule has 230 valence electrons. The molecule has 2 saturated heterocycles. The summed E-state index contributed by atoms with van der Waals surface area (Å²) >= 11 is 6.55. The Labute approximate surface area is 265 Å². The number of rotatable bonds is 9. The van der Waals surface area contributed by atoms with Crippen molar-refractivity contribution >= 4 is 45.5 Å². The minimum atomic E-state index is -0.340. The third-order valence-corrected chi connectivity index (χ3v) is 7.89. The molecule has 0 spiro atoms. The fourth-order valence-corrected chi connectivity index (χ4v) is 5.53. The summed E-state index contributed by atoms with van der Waals surface area (Å²) in [5.74, 6) is 0.309. The molecule has 4 aromatic rings. The predicted molar refractivity (Wildman–Crippen MR) is 171 cm³/mol. The molecular formula is C34H31ClFN5O4. The van der Waals surface area contributed by atoms with Gasteiger partial charge in [-0.2, -0.15) is 5.26 Å². The van der Waals surface area contributed by atoms with Crippen LogP contribution in [0.4, 0.5) is 21.5 Å². The lowest BCUT2D eigenvalue weighted by Crippen LogP contribution is -2.24. The molecule has 1 amide bonds. The van der Waals surface area contributed by atoms with Gasteiger partial charge in [-0.25, -0.2) is 4.39 Å². The van der Waals surface area contributed by atoms with E-state index < -0.39 is 0 Å². The van der Waals surface area contributed by atoms with E-state index in [1.165, 1.54) is 18.3 Å². The summed E-state index contributed by atoms with van der Waals surface area (Å²) in [7, 11) is 0. The van der Waals surface area contributed by atoms with Crippen molar-refractivity contribution in [2.75, 3.05) is 36.9 Å². The van der Waals surface area contributed by atoms with E-state index in [-0.39, 0.29) is 24.4 Å². The van der Waals surface area contributed by atoms with Gasteiger partial charge in [0.15, 0.2) is 0 Å². The highest BCUT2D eigenvalue weighted by Gasteiger charge is 2.22. The molecule has 11 heteroatoms. The number of halogens is 2. The lowest BCUT2D eigenvalue weighted by atomic mass is 10.0. The van der Waals surface area contributed by atoms with Gasteiger partial charge in [-0.15, -0.1) is 0 Å². The summed E-state index contributed by atoms with van der Waals surface area (Å²) in [6, 6.07) is 17.1. The predicted octanol–water partition coefficient (Wildman–Crippen LogP) is 6.64. The minimum Gasteiger partial charge on any atom is -0.487 e. The highest BCUT2D eigenvalue weighted by atomic mass is 35.5. The van der Waals surface area contributed by atoms with Crippen LogP contribution in [-0.4, -0.2) is 43.3 Å². The molecule has 9 nitrogen and oxygen atoms in total. The van der Waals surface area contributed by atoms with E-state index in [0.29, 0.717) is 68.8 Å². The number of anilines is 3. The van der Waals surface area contributed by atoms with Crippen LogP contribution in [0.5, 0.6) is 11.5 Å². The van der Waals surface area contributed by atoms with Gasteiger partial charge in [0.1, 0.15) is 36.1 Å². The minimum absolute atomic E-state index is 0.150. The molecule has 2 aliphatic rings. The zero-order valence-electron chi connectivity index (χ0n) is 24.4. The Balaban J connectivity index is 1.30. The zero-order chi connectivity index (χ0) is 31.2. The van der Waals surface area contributed by atoms with Crippen LogP contribution in [0.3, 0.4) is 0 Å². The van der Waals surface area contributed by atoms with Crippen molar-refractivity contribution in [1.29, 1.82) is 5.26 Å². The summed E-state index contributed by atoms with van der Waals surface area (Å²) in [6.07, 6.45) is 5.35. The number of pyridine rings is 1. The van der Waals surface area contributed by atoms with E-state index in [1.54, 1.807) is 48.5 Å². The van der Waals surface area contributed by atoms with Gasteiger partial charge in [0.2, 0.25) is 5.91 Å². The average Bonchev–Trinajstić information content (AvgIpc) is 3.55. The Morgan fingerprint density at radius 3 is 2.80 bits per heavy atom. The number of nitriles is 1. The highest BCUT2D eigenvalue weighted by Crippen LogP contribution is 2.38. The van der Waals surface area contributed by atoms with Crippen molar-refractivity contribution < 1.29 is 23.4 Å². The summed E-state index contributed by atoms with van der Waals surface area (Å²) in [4.78, 5) is 17.6. The summed E-state index contributed by atoms with van der Waals surface area (Å²) in [5, 5.41) is 20.5. The third kappa shape index (κ3) is 7.52. The van der Waals surface area contributed by atoms with Crippen LogP contribution < -0.4 is 25.4 Å². The van der Waals surface area contributed by atoms with Gasteiger partial charge in [-0.3, -0.25) is 9.78 Å². The normalized spacial score (nSPS) is 16.2. The van der Waals surface area contributed by atoms with E-state index in [4.69, 9.17) is 25.8 Å². The van der Waals surface area contributed by atoms with E-state index in [1.807, 2.05) is 0 Å². The molecule has 0 aliphatic carbocycles. The Kier molecular flexibility index (Phi) is 9.41. The number of hydrogen-bond acceptors (Lipinski definition) is 8. The van der Waals surface area contributed by atoms with Crippen molar-refractivity contribution in [2.24, 2.45) is 0 Å². The van der Waals surface area contributed by atoms with Crippen LogP contribution in [0.25, 0.3) is 10.9 Å². The molecule has 6 rings (SSSR count). The standard InChI is InChI=1S/C34H31ClFN5O4/c35-28-14-25(4-5-31(28)44-19-22-2-1-3-24(36)12-22)40-34-23(17-37)18-39-29-16-32(45-26-8-11-43-20-26)30(15-27(29)34)41-33(42)13-21-6-9-38-10-7-21/h1-5,12-16,18,26,38H,6-11,19-20H2,(H,39,40)(H,41,42). The second kappa shape index (κ2) is 13.9. The second-order valence-electron chi connectivity index (χ2n) is 10.9. The van der Waals surface area contributed by atoms with Gasteiger partial charge in [-0.1, -0.05) is 29.3 Å². The third-order valence-electron chi connectivity index (χ3n) is 7.59. The van der Waals surface area contributed by atoms with Crippen molar-refractivity contribution in [3.8, 4) is 17.6 Å². The Morgan fingerprint density at radius 1 is 1.18 bits per heavy atom. The SMILES string of the molecule is N#Cc1cnc2cc(OC3CCOC3)c(NC(=O)C=C3CCNCC3)cc2c1Nc1ccc(OCc2cccc(F)c2)c(Cl)c1. The number of piperidine rings is 1. The second-order valence-corrected chi connectivity index (χ2v) is 11.3. The van der Waals surface area contributed by atoms with Crippen LogP contribution >= 0.6 is 11.6 Å². The lowest BCUT2D eigenvalue weighted by Gasteiger charge is -2.19. The maximum Gasteiger partial charge on any atom is 0.248 e. The number of amides is 1. The van der Waals surface area contributed by atoms with E-state index >= 15 is 0 Å². The van der Waals surface area contributed by atoms with Gasteiger partial charge in [0.25, 0.3) is 0 Å². The number of hydrogen-bond donors (Lipinski definition) is 3. The first kappa shape index (κ1) is 30.3. The highest BCUT2D eigenvalue weighted by molar-refractivity contribution is 6.32. The number of nitrogens with zero attached hydrogens (tertiary/aromatic N) is 2. The van der Waals surface area contributed by atoms with Crippen LogP contribution in [0.2, 0.25) is 5.02 Å².